The molecule has 1 N–H and O–H groups in total. The fourth-order valence-electron chi connectivity index (χ4n) is 1.05. The first-order valence-corrected chi connectivity index (χ1v) is 4.62. The number of halogens is 1. The zero-order chi connectivity index (χ0) is 10.4. The van der Waals surface area contributed by atoms with Crippen molar-refractivity contribution in [2.45, 2.75) is 20.4 Å². The standard InChI is InChI=1S/C11H15FN2/c1-9(2)3-4-13-6-10-5-11(12)8-14-7-10/h3,5,7-8,13H,4,6H2,1-2H3. The quantitative estimate of drug-likeness (QED) is 0.587. The van der Waals surface area contributed by atoms with E-state index in [0.717, 1.165) is 12.1 Å². The van der Waals surface area contributed by atoms with E-state index in [1.807, 2.05) is 13.8 Å². The molecule has 1 rings (SSSR count). The lowest BCUT2D eigenvalue weighted by Crippen LogP contribution is -2.13. The number of nitrogens with one attached hydrogen (secondary N) is 1. The molecule has 3 heteroatoms. The van der Waals surface area contributed by atoms with Crippen molar-refractivity contribution in [3.63, 3.8) is 0 Å². The highest BCUT2D eigenvalue weighted by Crippen LogP contribution is 1.99. The molecule has 1 aromatic heterocycles. The van der Waals surface area contributed by atoms with Gasteiger partial charge in [-0.3, -0.25) is 4.98 Å². The average Bonchev–Trinajstić information content (AvgIpc) is 2.12. The molecule has 0 radical (unpaired) electrons. The summed E-state index contributed by atoms with van der Waals surface area (Å²) in [4.78, 5) is 3.77. The SMILES string of the molecule is CC(C)=CCNCc1cncc(F)c1. The molecule has 0 aliphatic carbocycles. The Morgan fingerprint density at radius 3 is 2.93 bits per heavy atom. The maximum atomic E-state index is 12.7. The molecule has 0 spiro atoms. The molecular weight excluding hydrogens is 179 g/mol. The lowest BCUT2D eigenvalue weighted by atomic mass is 10.2. The van der Waals surface area contributed by atoms with Crippen molar-refractivity contribution >= 4 is 0 Å². The molecule has 0 fully saturated rings. The smallest absolute Gasteiger partial charge is 0.141 e. The Kier molecular flexibility index (Phi) is 4.26. The first kappa shape index (κ1) is 10.9. The molecule has 0 bridgehead atoms. The highest BCUT2D eigenvalue weighted by atomic mass is 19.1. The summed E-state index contributed by atoms with van der Waals surface area (Å²) in [6, 6.07) is 1.49. The normalized spacial score (nSPS) is 9.93. The number of aromatic nitrogens is 1. The Bertz CT molecular complexity index is 317. The predicted octanol–water partition coefficient (Wildman–Crippen LogP) is 2.28. The Morgan fingerprint density at radius 1 is 1.50 bits per heavy atom. The van der Waals surface area contributed by atoms with E-state index in [9.17, 15) is 4.39 Å². The maximum Gasteiger partial charge on any atom is 0.141 e. The molecule has 0 aliphatic heterocycles. The molecule has 76 valence electrons. The predicted molar refractivity (Wildman–Crippen MR) is 55.3 cm³/mol. The van der Waals surface area contributed by atoms with E-state index >= 15 is 0 Å². The number of hydrogen-bond donors (Lipinski definition) is 1. The summed E-state index contributed by atoms with van der Waals surface area (Å²) in [7, 11) is 0. The summed E-state index contributed by atoms with van der Waals surface area (Å²) in [6.45, 7) is 5.55. The van der Waals surface area contributed by atoms with Gasteiger partial charge in [-0.1, -0.05) is 11.6 Å². The van der Waals surface area contributed by atoms with Crippen LogP contribution in [0.3, 0.4) is 0 Å². The van der Waals surface area contributed by atoms with Gasteiger partial charge in [0.25, 0.3) is 0 Å². The molecule has 0 saturated carbocycles. The van der Waals surface area contributed by atoms with Crippen LogP contribution < -0.4 is 5.32 Å². The zero-order valence-electron chi connectivity index (χ0n) is 8.55. The van der Waals surface area contributed by atoms with E-state index in [-0.39, 0.29) is 5.82 Å². The highest BCUT2D eigenvalue weighted by molar-refractivity contribution is 5.09. The van der Waals surface area contributed by atoms with Crippen molar-refractivity contribution in [1.82, 2.24) is 10.3 Å². The van der Waals surface area contributed by atoms with Gasteiger partial charge in [-0.15, -0.1) is 0 Å². The molecule has 14 heavy (non-hydrogen) atoms. The summed E-state index contributed by atoms with van der Waals surface area (Å²) < 4.78 is 12.7. The fourth-order valence-corrected chi connectivity index (χ4v) is 1.05. The summed E-state index contributed by atoms with van der Waals surface area (Å²) in [5, 5.41) is 3.18. The maximum absolute atomic E-state index is 12.7. The number of nitrogens with zero attached hydrogens (tertiary/aromatic N) is 1. The van der Waals surface area contributed by atoms with Gasteiger partial charge in [-0.2, -0.15) is 0 Å². The zero-order valence-corrected chi connectivity index (χ0v) is 8.55. The second-order valence-electron chi connectivity index (χ2n) is 3.42. The number of pyridine rings is 1. The van der Waals surface area contributed by atoms with Crippen LogP contribution in [0.1, 0.15) is 19.4 Å². The van der Waals surface area contributed by atoms with E-state index in [0.29, 0.717) is 6.54 Å². The van der Waals surface area contributed by atoms with Crippen LogP contribution in [0.2, 0.25) is 0 Å². The van der Waals surface area contributed by atoms with Crippen molar-refractivity contribution < 1.29 is 4.39 Å². The second-order valence-corrected chi connectivity index (χ2v) is 3.42. The van der Waals surface area contributed by atoms with E-state index in [1.54, 1.807) is 6.20 Å². The second kappa shape index (κ2) is 5.50. The molecule has 0 aromatic carbocycles. The molecule has 0 amide bonds. The molecule has 0 unspecified atom stereocenters. The van der Waals surface area contributed by atoms with Gasteiger partial charge in [0.1, 0.15) is 5.82 Å². The van der Waals surface area contributed by atoms with E-state index in [4.69, 9.17) is 0 Å². The minimum atomic E-state index is -0.286. The minimum absolute atomic E-state index is 0.286. The summed E-state index contributed by atoms with van der Waals surface area (Å²) in [6.07, 6.45) is 4.96. The summed E-state index contributed by atoms with van der Waals surface area (Å²) in [5.41, 5.74) is 2.14. The number of rotatable bonds is 4. The lowest BCUT2D eigenvalue weighted by Gasteiger charge is -2.01. The third kappa shape index (κ3) is 4.14. The van der Waals surface area contributed by atoms with Crippen LogP contribution in [-0.2, 0) is 6.54 Å². The van der Waals surface area contributed by atoms with Gasteiger partial charge >= 0.3 is 0 Å². The van der Waals surface area contributed by atoms with Gasteiger partial charge in [0, 0.05) is 19.3 Å². The number of hydrogen-bond acceptors (Lipinski definition) is 2. The summed E-state index contributed by atoms with van der Waals surface area (Å²) in [5.74, 6) is -0.286. The molecular formula is C11H15FN2. The molecule has 1 heterocycles. The monoisotopic (exact) mass is 194 g/mol. The van der Waals surface area contributed by atoms with Crippen LogP contribution in [0.15, 0.2) is 30.1 Å². The van der Waals surface area contributed by atoms with Gasteiger partial charge < -0.3 is 5.32 Å². The first-order chi connectivity index (χ1) is 6.68. The van der Waals surface area contributed by atoms with Gasteiger partial charge in [0.05, 0.1) is 6.20 Å². The molecule has 0 atom stereocenters. The van der Waals surface area contributed by atoms with Crippen molar-refractivity contribution in [2.24, 2.45) is 0 Å². The van der Waals surface area contributed by atoms with Crippen LogP contribution >= 0.6 is 0 Å². The van der Waals surface area contributed by atoms with Crippen molar-refractivity contribution in [2.75, 3.05) is 6.54 Å². The van der Waals surface area contributed by atoms with Gasteiger partial charge in [-0.25, -0.2) is 4.39 Å². The van der Waals surface area contributed by atoms with E-state index in [1.165, 1.54) is 17.8 Å². The Hall–Kier alpha value is -1.22. The Balaban J connectivity index is 2.35. The van der Waals surface area contributed by atoms with Crippen LogP contribution in [0.5, 0.6) is 0 Å². The topological polar surface area (TPSA) is 24.9 Å². The fraction of sp³-hybridized carbons (Fsp3) is 0.364. The van der Waals surface area contributed by atoms with Crippen molar-refractivity contribution in [3.05, 3.63) is 41.5 Å². The Morgan fingerprint density at radius 2 is 2.29 bits per heavy atom. The van der Waals surface area contributed by atoms with Crippen LogP contribution in [-0.4, -0.2) is 11.5 Å². The third-order valence-electron chi connectivity index (χ3n) is 1.75. The highest BCUT2D eigenvalue weighted by Gasteiger charge is 1.94. The summed E-state index contributed by atoms with van der Waals surface area (Å²) >= 11 is 0. The Labute approximate surface area is 83.9 Å². The van der Waals surface area contributed by atoms with Crippen LogP contribution in [0.25, 0.3) is 0 Å². The van der Waals surface area contributed by atoms with Crippen LogP contribution in [0, 0.1) is 5.82 Å². The van der Waals surface area contributed by atoms with Gasteiger partial charge in [0.15, 0.2) is 0 Å². The lowest BCUT2D eigenvalue weighted by molar-refractivity contribution is 0.615. The average molecular weight is 194 g/mol. The van der Waals surface area contributed by atoms with Crippen molar-refractivity contribution in [3.8, 4) is 0 Å². The van der Waals surface area contributed by atoms with Crippen molar-refractivity contribution in [1.29, 1.82) is 0 Å². The van der Waals surface area contributed by atoms with Crippen LogP contribution in [0.4, 0.5) is 4.39 Å². The largest absolute Gasteiger partial charge is 0.309 e. The molecule has 1 aromatic rings. The first-order valence-electron chi connectivity index (χ1n) is 4.62. The van der Waals surface area contributed by atoms with E-state index in [2.05, 4.69) is 16.4 Å². The third-order valence-corrected chi connectivity index (χ3v) is 1.75. The molecule has 0 saturated heterocycles. The van der Waals surface area contributed by atoms with Gasteiger partial charge in [-0.05, 0) is 25.5 Å². The molecule has 0 aliphatic rings. The van der Waals surface area contributed by atoms with Gasteiger partial charge in [0.2, 0.25) is 0 Å². The minimum Gasteiger partial charge on any atom is -0.309 e. The van der Waals surface area contributed by atoms with E-state index < -0.39 is 0 Å². The molecule has 2 nitrogen and oxygen atoms in total. The number of allylic oxidation sites excluding steroid dienone is 1.